The Balaban J connectivity index is 3.37. The van der Waals surface area contributed by atoms with Crippen molar-refractivity contribution in [3.63, 3.8) is 0 Å². The summed E-state index contributed by atoms with van der Waals surface area (Å²) >= 11 is 0. The van der Waals surface area contributed by atoms with Crippen molar-refractivity contribution >= 4 is 5.97 Å². The third kappa shape index (κ3) is 3.39. The van der Waals surface area contributed by atoms with Crippen molar-refractivity contribution < 1.29 is 54.2 Å². The highest BCUT2D eigenvalue weighted by Crippen LogP contribution is 2.53. The number of ether oxygens (including phenoxy) is 1. The van der Waals surface area contributed by atoms with E-state index in [1.165, 1.54) is 6.08 Å². The van der Waals surface area contributed by atoms with Gasteiger partial charge in [0.15, 0.2) is 11.0 Å². The number of carbonyl (C=O) groups excluding carboxylic acids is 1. The topological polar surface area (TPSA) is 46.5 Å². The quantitative estimate of drug-likeness (QED) is 0.431. The summed E-state index contributed by atoms with van der Waals surface area (Å²) in [5, 5.41) is 9.32. The first-order valence-corrected chi connectivity index (χ1v) is 7.14. The second-order valence-corrected chi connectivity index (χ2v) is 6.40. The molecule has 12 heteroatoms. The average Bonchev–Trinajstić information content (AvgIpc) is 2.42. The molecule has 0 bridgehead atoms. The van der Waals surface area contributed by atoms with Gasteiger partial charge in [0.2, 0.25) is 0 Å². The predicted molar refractivity (Wildman–Crippen MR) is 68.7 cm³/mol. The van der Waals surface area contributed by atoms with Gasteiger partial charge in [-0.1, -0.05) is 12.2 Å². The van der Waals surface area contributed by atoms with Gasteiger partial charge in [-0.05, 0) is 33.1 Å². The molecule has 3 nitrogen and oxygen atoms in total. The van der Waals surface area contributed by atoms with E-state index in [2.05, 4.69) is 4.74 Å². The zero-order valence-electron chi connectivity index (χ0n) is 13.4. The van der Waals surface area contributed by atoms with Crippen LogP contribution in [0.4, 0.5) is 39.5 Å². The second-order valence-electron chi connectivity index (χ2n) is 6.40. The Kier molecular flexibility index (Phi) is 5.48. The molecule has 0 amide bonds. The molecular formula is C14H15F9O3. The number of esters is 1. The van der Waals surface area contributed by atoms with E-state index in [0.29, 0.717) is 0 Å². The lowest BCUT2D eigenvalue weighted by molar-refractivity contribution is -0.408. The number of alkyl halides is 9. The van der Waals surface area contributed by atoms with Crippen LogP contribution in [0.2, 0.25) is 0 Å². The van der Waals surface area contributed by atoms with E-state index in [1.807, 2.05) is 0 Å². The molecule has 0 aromatic heterocycles. The molecule has 26 heavy (non-hydrogen) atoms. The molecule has 1 N–H and O–H groups in total. The van der Waals surface area contributed by atoms with Crippen molar-refractivity contribution in [3.8, 4) is 0 Å². The van der Waals surface area contributed by atoms with Crippen molar-refractivity contribution in [2.45, 2.75) is 62.8 Å². The van der Waals surface area contributed by atoms with Gasteiger partial charge < -0.3 is 9.84 Å². The van der Waals surface area contributed by atoms with Crippen LogP contribution in [0.15, 0.2) is 12.2 Å². The fourth-order valence-corrected chi connectivity index (χ4v) is 2.64. The molecular weight excluding hydrogens is 387 g/mol. The Hall–Kier alpha value is -1.46. The summed E-state index contributed by atoms with van der Waals surface area (Å²) in [6.45, 7) is 0.100. The molecule has 1 unspecified atom stereocenters. The zero-order valence-corrected chi connectivity index (χ0v) is 13.4. The summed E-state index contributed by atoms with van der Waals surface area (Å²) < 4.78 is 122. The minimum atomic E-state index is -6.37. The average molecular weight is 402 g/mol. The van der Waals surface area contributed by atoms with E-state index < -0.39 is 54.0 Å². The number of hydrogen-bond acceptors (Lipinski definition) is 3. The maximum absolute atomic E-state index is 13.3. The third-order valence-electron chi connectivity index (χ3n) is 4.34. The SMILES string of the molecule is CC(C)(OC(=O)C1(C(F)(F)F)CC=CCC1)C(O)(C(F)(F)F)C(F)(F)F. The van der Waals surface area contributed by atoms with E-state index >= 15 is 0 Å². The first kappa shape index (κ1) is 22.6. The van der Waals surface area contributed by atoms with Crippen LogP contribution in [0, 0.1) is 5.41 Å². The van der Waals surface area contributed by atoms with E-state index in [1.54, 1.807) is 0 Å². The standard InChI is InChI=1S/C14H15F9O3/c1-9(2,11(25,13(18,19)20)14(21,22)23)26-8(24)10(12(15,16)17)6-4-3-5-7-10/h3-4,25H,5-7H2,1-2H3. The molecule has 0 saturated heterocycles. The van der Waals surface area contributed by atoms with Gasteiger partial charge in [0.25, 0.3) is 5.60 Å². The smallest absolute Gasteiger partial charge is 0.430 e. The van der Waals surface area contributed by atoms with Gasteiger partial charge in [-0.3, -0.25) is 4.79 Å². The van der Waals surface area contributed by atoms with Crippen LogP contribution in [-0.2, 0) is 9.53 Å². The fraction of sp³-hybridized carbons (Fsp3) is 0.786. The van der Waals surface area contributed by atoms with E-state index in [0.717, 1.165) is 6.08 Å². The number of hydrogen-bond donors (Lipinski definition) is 1. The van der Waals surface area contributed by atoms with Gasteiger partial charge in [-0.25, -0.2) is 0 Å². The van der Waals surface area contributed by atoms with Gasteiger partial charge in [0, 0.05) is 0 Å². The Morgan fingerprint density at radius 1 is 0.962 bits per heavy atom. The van der Waals surface area contributed by atoms with Crippen LogP contribution in [0.1, 0.15) is 33.1 Å². The highest BCUT2D eigenvalue weighted by molar-refractivity contribution is 5.79. The maximum atomic E-state index is 13.3. The molecule has 1 aliphatic carbocycles. The van der Waals surface area contributed by atoms with Crippen LogP contribution < -0.4 is 0 Å². The highest BCUT2D eigenvalue weighted by atomic mass is 19.4. The number of rotatable bonds is 3. The monoisotopic (exact) mass is 402 g/mol. The van der Waals surface area contributed by atoms with Crippen molar-refractivity contribution in [1.82, 2.24) is 0 Å². The Morgan fingerprint density at radius 2 is 1.42 bits per heavy atom. The van der Waals surface area contributed by atoms with Gasteiger partial charge in [-0.2, -0.15) is 39.5 Å². The highest BCUT2D eigenvalue weighted by Gasteiger charge is 2.79. The van der Waals surface area contributed by atoms with Crippen molar-refractivity contribution in [1.29, 1.82) is 0 Å². The Labute approximate surface area is 141 Å². The molecule has 0 aromatic carbocycles. The lowest BCUT2D eigenvalue weighted by Crippen LogP contribution is -2.70. The lowest BCUT2D eigenvalue weighted by Gasteiger charge is -2.45. The molecule has 0 aromatic rings. The van der Waals surface area contributed by atoms with Gasteiger partial charge >= 0.3 is 24.5 Å². The van der Waals surface area contributed by atoms with Gasteiger partial charge in [-0.15, -0.1) is 0 Å². The molecule has 0 radical (unpaired) electrons. The Morgan fingerprint density at radius 3 is 1.73 bits per heavy atom. The van der Waals surface area contributed by atoms with Crippen LogP contribution in [0.25, 0.3) is 0 Å². The summed E-state index contributed by atoms with van der Waals surface area (Å²) in [7, 11) is 0. The van der Waals surface area contributed by atoms with E-state index in [-0.39, 0.29) is 20.3 Å². The molecule has 152 valence electrons. The van der Waals surface area contributed by atoms with Gasteiger partial charge in [0.1, 0.15) is 0 Å². The molecule has 0 aliphatic heterocycles. The molecule has 0 fully saturated rings. The van der Waals surface area contributed by atoms with Crippen molar-refractivity contribution in [2.24, 2.45) is 5.41 Å². The number of halogens is 9. The largest absolute Gasteiger partial charge is 0.455 e. The molecule has 1 rings (SSSR count). The first-order valence-electron chi connectivity index (χ1n) is 7.14. The fourth-order valence-electron chi connectivity index (χ4n) is 2.64. The molecule has 0 spiro atoms. The summed E-state index contributed by atoms with van der Waals surface area (Å²) in [5.74, 6) is -2.31. The summed E-state index contributed by atoms with van der Waals surface area (Å²) in [6.07, 6.45) is -18.0. The number of carbonyl (C=O) groups is 1. The van der Waals surface area contributed by atoms with Crippen LogP contribution in [0.5, 0.6) is 0 Å². The van der Waals surface area contributed by atoms with Crippen molar-refractivity contribution in [3.05, 3.63) is 12.2 Å². The van der Waals surface area contributed by atoms with Crippen LogP contribution in [-0.4, -0.2) is 40.8 Å². The van der Waals surface area contributed by atoms with Crippen LogP contribution >= 0.6 is 0 Å². The third-order valence-corrected chi connectivity index (χ3v) is 4.34. The summed E-state index contributed by atoms with van der Waals surface area (Å²) in [4.78, 5) is 12.1. The lowest BCUT2D eigenvalue weighted by atomic mass is 9.75. The van der Waals surface area contributed by atoms with E-state index in [4.69, 9.17) is 0 Å². The van der Waals surface area contributed by atoms with Crippen LogP contribution in [0.3, 0.4) is 0 Å². The number of aliphatic hydroxyl groups is 1. The number of allylic oxidation sites excluding steroid dienone is 2. The first-order chi connectivity index (χ1) is 11.3. The zero-order chi connectivity index (χ0) is 20.8. The van der Waals surface area contributed by atoms with Crippen molar-refractivity contribution in [2.75, 3.05) is 0 Å². The molecule has 1 atom stereocenters. The second kappa shape index (κ2) is 6.31. The van der Waals surface area contributed by atoms with Gasteiger partial charge in [0.05, 0.1) is 0 Å². The summed E-state index contributed by atoms with van der Waals surface area (Å²) in [6, 6.07) is 0. The Bertz CT molecular complexity index is 558. The predicted octanol–water partition coefficient (Wildman–Crippen LogP) is 4.45. The maximum Gasteiger partial charge on any atom is 0.430 e. The molecule has 0 heterocycles. The van der Waals surface area contributed by atoms with E-state index in [9.17, 15) is 49.4 Å². The minimum absolute atomic E-state index is 0.0502. The normalized spacial score (nSPS) is 23.1. The summed E-state index contributed by atoms with van der Waals surface area (Å²) in [5.41, 5.74) is -12.6. The molecule has 0 saturated carbocycles. The minimum Gasteiger partial charge on any atom is -0.455 e. The molecule has 1 aliphatic rings.